The van der Waals surface area contributed by atoms with Gasteiger partial charge in [0, 0.05) is 0 Å². The fourth-order valence-corrected chi connectivity index (χ4v) is 3.33. The first-order valence-electron chi connectivity index (χ1n) is 7.92. The summed E-state index contributed by atoms with van der Waals surface area (Å²) >= 11 is 0. The first-order chi connectivity index (χ1) is 12.2. The van der Waals surface area contributed by atoms with Crippen molar-refractivity contribution in [2.24, 2.45) is 5.14 Å². The van der Waals surface area contributed by atoms with E-state index >= 15 is 0 Å². The van der Waals surface area contributed by atoms with E-state index in [0.29, 0.717) is 28.2 Å². The highest BCUT2D eigenvalue weighted by Crippen LogP contribution is 2.25. The quantitative estimate of drug-likeness (QED) is 0.714. The standard InChI is InChI=1S/C18H22N2O5S/c1-12-11-17(26(19,22)23)13(2)10-16(12)25-9-8-20-18(21)14-6-4-5-7-15(14)24-3/h4-7,10-11H,8-9H2,1-3H3,(H,20,21)(H2,19,22,23). The number of hydrogen-bond donors (Lipinski definition) is 2. The first-order valence-corrected chi connectivity index (χ1v) is 9.46. The molecule has 0 unspecified atom stereocenters. The number of sulfonamides is 1. The predicted molar refractivity (Wildman–Crippen MR) is 98.1 cm³/mol. The largest absolute Gasteiger partial charge is 0.496 e. The Morgan fingerprint density at radius 2 is 1.81 bits per heavy atom. The fraction of sp³-hybridized carbons (Fsp3) is 0.278. The van der Waals surface area contributed by atoms with Gasteiger partial charge in [-0.15, -0.1) is 0 Å². The van der Waals surface area contributed by atoms with Crippen molar-refractivity contribution in [1.82, 2.24) is 5.32 Å². The maximum atomic E-state index is 12.2. The minimum absolute atomic E-state index is 0.0758. The maximum absolute atomic E-state index is 12.2. The summed E-state index contributed by atoms with van der Waals surface area (Å²) < 4.78 is 33.8. The molecule has 0 heterocycles. The van der Waals surface area contributed by atoms with E-state index in [9.17, 15) is 13.2 Å². The van der Waals surface area contributed by atoms with E-state index in [1.54, 1.807) is 44.2 Å². The molecule has 8 heteroatoms. The summed E-state index contributed by atoms with van der Waals surface area (Å²) in [4.78, 5) is 12.3. The molecule has 0 aliphatic carbocycles. The molecular formula is C18H22N2O5S. The van der Waals surface area contributed by atoms with Crippen LogP contribution in [-0.4, -0.2) is 34.6 Å². The molecule has 0 spiro atoms. The number of hydrogen-bond acceptors (Lipinski definition) is 5. The average Bonchev–Trinajstić information content (AvgIpc) is 2.59. The van der Waals surface area contributed by atoms with Crippen LogP contribution in [-0.2, 0) is 10.0 Å². The number of ether oxygens (including phenoxy) is 2. The number of rotatable bonds is 7. The van der Waals surface area contributed by atoms with Crippen molar-refractivity contribution in [2.75, 3.05) is 20.3 Å². The molecular weight excluding hydrogens is 356 g/mol. The third kappa shape index (κ3) is 4.74. The van der Waals surface area contributed by atoms with E-state index in [4.69, 9.17) is 14.6 Å². The molecule has 3 N–H and O–H groups in total. The minimum Gasteiger partial charge on any atom is -0.496 e. The molecule has 0 aliphatic heterocycles. The average molecular weight is 378 g/mol. The number of primary sulfonamides is 1. The molecule has 2 aromatic rings. The van der Waals surface area contributed by atoms with Crippen molar-refractivity contribution in [3.63, 3.8) is 0 Å². The van der Waals surface area contributed by atoms with Gasteiger partial charge in [-0.3, -0.25) is 4.79 Å². The second-order valence-corrected chi connectivity index (χ2v) is 7.26. The van der Waals surface area contributed by atoms with Gasteiger partial charge in [-0.1, -0.05) is 12.1 Å². The number of amides is 1. The van der Waals surface area contributed by atoms with Gasteiger partial charge in [0.05, 0.1) is 24.1 Å². The molecule has 0 fully saturated rings. The molecule has 0 saturated carbocycles. The van der Waals surface area contributed by atoms with Gasteiger partial charge in [-0.05, 0) is 49.2 Å². The third-order valence-corrected chi connectivity index (χ3v) is 4.83. The Hall–Kier alpha value is -2.58. The molecule has 2 rings (SSSR count). The summed E-state index contributed by atoms with van der Waals surface area (Å²) in [6.07, 6.45) is 0. The molecule has 0 radical (unpaired) electrons. The highest BCUT2D eigenvalue weighted by atomic mass is 32.2. The van der Waals surface area contributed by atoms with E-state index in [-0.39, 0.29) is 24.0 Å². The number of nitrogens with one attached hydrogen (secondary N) is 1. The zero-order valence-corrected chi connectivity index (χ0v) is 15.7. The maximum Gasteiger partial charge on any atom is 0.255 e. The van der Waals surface area contributed by atoms with Gasteiger partial charge in [-0.25, -0.2) is 13.6 Å². The zero-order valence-electron chi connectivity index (χ0n) is 14.9. The van der Waals surface area contributed by atoms with Gasteiger partial charge in [-0.2, -0.15) is 0 Å². The lowest BCUT2D eigenvalue weighted by atomic mass is 10.1. The summed E-state index contributed by atoms with van der Waals surface area (Å²) in [6, 6.07) is 10.0. The SMILES string of the molecule is COc1ccccc1C(=O)NCCOc1cc(C)c(S(N)(=O)=O)cc1C. The van der Waals surface area contributed by atoms with Crippen molar-refractivity contribution in [3.05, 3.63) is 53.1 Å². The molecule has 0 aliphatic rings. The Kier molecular flexibility index (Phi) is 6.23. The van der Waals surface area contributed by atoms with Crippen molar-refractivity contribution in [2.45, 2.75) is 18.7 Å². The highest BCUT2D eigenvalue weighted by molar-refractivity contribution is 7.89. The van der Waals surface area contributed by atoms with Gasteiger partial charge < -0.3 is 14.8 Å². The molecule has 0 bridgehead atoms. The molecule has 2 aromatic carbocycles. The lowest BCUT2D eigenvalue weighted by Gasteiger charge is -2.13. The number of nitrogens with two attached hydrogens (primary N) is 1. The van der Waals surface area contributed by atoms with E-state index < -0.39 is 10.0 Å². The molecule has 26 heavy (non-hydrogen) atoms. The number of methoxy groups -OCH3 is 1. The molecule has 1 amide bonds. The Morgan fingerprint density at radius 3 is 2.46 bits per heavy atom. The summed E-state index contributed by atoms with van der Waals surface area (Å²) in [6.45, 7) is 3.90. The first kappa shape index (κ1) is 19.7. The van der Waals surface area contributed by atoms with Gasteiger partial charge in [0.1, 0.15) is 18.1 Å². The third-order valence-electron chi connectivity index (χ3n) is 3.78. The molecule has 140 valence electrons. The zero-order chi connectivity index (χ0) is 19.3. The normalized spacial score (nSPS) is 11.1. The lowest BCUT2D eigenvalue weighted by molar-refractivity contribution is 0.0944. The smallest absolute Gasteiger partial charge is 0.255 e. The number of benzene rings is 2. The van der Waals surface area contributed by atoms with Crippen molar-refractivity contribution in [3.8, 4) is 11.5 Å². The lowest BCUT2D eigenvalue weighted by Crippen LogP contribution is -2.28. The summed E-state index contributed by atoms with van der Waals surface area (Å²) in [7, 11) is -2.27. The van der Waals surface area contributed by atoms with Crippen molar-refractivity contribution < 1.29 is 22.7 Å². The predicted octanol–water partition coefficient (Wildman–Crippen LogP) is 1.77. The second-order valence-electron chi connectivity index (χ2n) is 5.73. The van der Waals surface area contributed by atoms with Gasteiger partial charge >= 0.3 is 0 Å². The molecule has 0 aromatic heterocycles. The van der Waals surface area contributed by atoms with Crippen LogP contribution in [0.25, 0.3) is 0 Å². The van der Waals surface area contributed by atoms with Crippen molar-refractivity contribution in [1.29, 1.82) is 0 Å². The van der Waals surface area contributed by atoms with Crippen LogP contribution < -0.4 is 19.9 Å². The summed E-state index contributed by atoms with van der Waals surface area (Å²) in [5.74, 6) is 0.779. The molecule has 0 saturated heterocycles. The minimum atomic E-state index is -3.77. The van der Waals surface area contributed by atoms with Crippen LogP contribution in [0.15, 0.2) is 41.3 Å². The van der Waals surface area contributed by atoms with E-state index in [1.807, 2.05) is 0 Å². The van der Waals surface area contributed by atoms with Crippen molar-refractivity contribution >= 4 is 15.9 Å². The van der Waals surface area contributed by atoms with E-state index in [2.05, 4.69) is 5.32 Å². The van der Waals surface area contributed by atoms with Crippen LogP contribution in [0.4, 0.5) is 0 Å². The topological polar surface area (TPSA) is 108 Å². The van der Waals surface area contributed by atoms with Gasteiger partial charge in [0.2, 0.25) is 10.0 Å². The van der Waals surface area contributed by atoms with Crippen LogP contribution in [0.3, 0.4) is 0 Å². The number of aryl methyl sites for hydroxylation is 2. The number of carbonyl (C=O) groups is 1. The Bertz CT molecular complexity index is 910. The molecule has 7 nitrogen and oxygen atoms in total. The van der Waals surface area contributed by atoms with Crippen LogP contribution in [0.5, 0.6) is 11.5 Å². The van der Waals surface area contributed by atoms with Crippen LogP contribution in [0.1, 0.15) is 21.5 Å². The second kappa shape index (κ2) is 8.20. The Labute approximate surface area is 153 Å². The van der Waals surface area contributed by atoms with Gasteiger partial charge in [0.15, 0.2) is 0 Å². The van der Waals surface area contributed by atoms with Crippen LogP contribution in [0, 0.1) is 13.8 Å². The monoisotopic (exact) mass is 378 g/mol. The molecule has 0 atom stereocenters. The van der Waals surface area contributed by atoms with Crippen LogP contribution >= 0.6 is 0 Å². The number of carbonyl (C=O) groups excluding carboxylic acids is 1. The van der Waals surface area contributed by atoms with E-state index in [1.165, 1.54) is 13.2 Å². The van der Waals surface area contributed by atoms with Gasteiger partial charge in [0.25, 0.3) is 5.91 Å². The Balaban J connectivity index is 1.96. The summed E-state index contributed by atoms with van der Waals surface area (Å²) in [5, 5.41) is 7.94. The summed E-state index contributed by atoms with van der Waals surface area (Å²) in [5.41, 5.74) is 1.60. The van der Waals surface area contributed by atoms with E-state index in [0.717, 1.165) is 0 Å². The Morgan fingerprint density at radius 1 is 1.12 bits per heavy atom. The fourth-order valence-electron chi connectivity index (χ4n) is 2.48. The number of para-hydroxylation sites is 1. The van der Waals surface area contributed by atoms with Crippen LogP contribution in [0.2, 0.25) is 0 Å². The highest BCUT2D eigenvalue weighted by Gasteiger charge is 2.15.